The Balaban J connectivity index is 0.000000980. The van der Waals surface area contributed by atoms with Crippen molar-refractivity contribution >= 4 is 21.6 Å². The van der Waals surface area contributed by atoms with Gasteiger partial charge in [0.05, 0.1) is 0 Å². The van der Waals surface area contributed by atoms with Gasteiger partial charge in [-0.2, -0.15) is 42.7 Å². The summed E-state index contributed by atoms with van der Waals surface area (Å²) >= 11 is 0.637. The van der Waals surface area contributed by atoms with Gasteiger partial charge in [0.1, 0.15) is 0 Å². The van der Waals surface area contributed by atoms with Gasteiger partial charge in [-0.25, -0.2) is 0 Å². The monoisotopic (exact) mass is 291 g/mol. The maximum absolute atomic E-state index is 12.2. The molecule has 0 N–H and O–H groups in total. The number of alkyl halides is 3. The first-order valence-corrected chi connectivity index (χ1v) is 4.23. The molecule has 71 valence electrons. The van der Waals surface area contributed by atoms with Crippen LogP contribution in [0.25, 0.3) is 10.2 Å². The number of fused-ring (bicyclic) bond motifs is 1. The van der Waals surface area contributed by atoms with Crippen molar-refractivity contribution in [3.8, 4) is 0 Å². The van der Waals surface area contributed by atoms with Crippen LogP contribution in [0, 0.1) is 6.07 Å². The molecule has 0 saturated carbocycles. The topological polar surface area (TPSA) is 12.9 Å². The molecule has 0 unspecified atom stereocenters. The van der Waals surface area contributed by atoms with Crippen LogP contribution in [0.15, 0.2) is 18.2 Å². The molecule has 1 radical (unpaired) electrons. The summed E-state index contributed by atoms with van der Waals surface area (Å²) in [4.78, 5) is 3.46. The minimum Gasteiger partial charge on any atom is -0.260 e. The Kier molecular flexibility index (Phi) is 3.66. The second-order valence-corrected chi connectivity index (χ2v) is 3.44. The van der Waals surface area contributed by atoms with Gasteiger partial charge in [-0.05, 0) is 5.52 Å². The minimum absolute atomic E-state index is 0. The van der Waals surface area contributed by atoms with E-state index < -0.39 is 11.2 Å². The van der Waals surface area contributed by atoms with E-state index in [0.29, 0.717) is 21.6 Å². The van der Waals surface area contributed by atoms with Crippen LogP contribution in [-0.2, 0) is 38.9 Å². The Hall–Kier alpha value is 0.00390. The molecule has 6 heteroatoms. The van der Waals surface area contributed by atoms with Crippen LogP contribution in [0.4, 0.5) is 13.2 Å². The Morgan fingerprint density at radius 2 is 2.07 bits per heavy atom. The van der Waals surface area contributed by atoms with Gasteiger partial charge in [0.25, 0.3) is 0 Å². The fraction of sp³-hybridized carbons (Fsp3) is 0.125. The summed E-state index contributed by atoms with van der Waals surface area (Å²) < 4.78 is 37.0. The molecular weight excluding hydrogens is 288 g/mol. The summed E-state index contributed by atoms with van der Waals surface area (Å²) in [6, 6.07) is 7.26. The van der Waals surface area contributed by atoms with Gasteiger partial charge in [0, 0.05) is 32.7 Å². The third kappa shape index (κ3) is 2.32. The van der Waals surface area contributed by atoms with Crippen molar-refractivity contribution in [2.24, 2.45) is 0 Å². The molecule has 0 aliphatic carbocycles. The standard InChI is InChI=1S/C8H3F3NS.Y/c9-8(10,11)7-12-5-3-1-2-4-6(5)13-7;/h1,3-4H;/q-1;. The molecule has 1 aromatic heterocycles. The molecule has 14 heavy (non-hydrogen) atoms. The SMILES string of the molecule is FC(F)(F)c1nc2cc[c-]cc2s1.[Y]. The van der Waals surface area contributed by atoms with Crippen molar-refractivity contribution in [3.63, 3.8) is 0 Å². The van der Waals surface area contributed by atoms with E-state index in [1.807, 2.05) is 0 Å². The van der Waals surface area contributed by atoms with E-state index >= 15 is 0 Å². The molecule has 1 nitrogen and oxygen atoms in total. The van der Waals surface area contributed by atoms with E-state index in [1.165, 1.54) is 12.1 Å². The van der Waals surface area contributed by atoms with E-state index in [1.54, 1.807) is 6.07 Å². The number of hydrogen-bond acceptors (Lipinski definition) is 2. The van der Waals surface area contributed by atoms with Crippen molar-refractivity contribution in [2.75, 3.05) is 0 Å². The Bertz CT molecular complexity index is 404. The second kappa shape index (κ2) is 4.25. The Labute approximate surface area is 107 Å². The summed E-state index contributed by atoms with van der Waals surface area (Å²) in [6.45, 7) is 0. The first-order chi connectivity index (χ1) is 6.07. The van der Waals surface area contributed by atoms with E-state index in [-0.39, 0.29) is 32.7 Å². The van der Waals surface area contributed by atoms with Gasteiger partial charge < -0.3 is 0 Å². The molecule has 0 aliphatic rings. The molecule has 0 spiro atoms. The van der Waals surface area contributed by atoms with Gasteiger partial charge >= 0.3 is 6.18 Å². The average molecular weight is 291 g/mol. The molecule has 1 aromatic carbocycles. The van der Waals surface area contributed by atoms with Crippen LogP contribution in [0.2, 0.25) is 0 Å². The zero-order chi connectivity index (χ0) is 9.47. The second-order valence-electron chi connectivity index (χ2n) is 2.41. The van der Waals surface area contributed by atoms with Crippen molar-refractivity contribution in [1.82, 2.24) is 4.98 Å². The summed E-state index contributed by atoms with van der Waals surface area (Å²) in [7, 11) is 0. The van der Waals surface area contributed by atoms with E-state index in [2.05, 4.69) is 11.1 Å². The predicted octanol–water partition coefficient (Wildman–Crippen LogP) is 3.11. The smallest absolute Gasteiger partial charge is 0.260 e. The van der Waals surface area contributed by atoms with E-state index in [0.717, 1.165) is 0 Å². The third-order valence-electron chi connectivity index (χ3n) is 1.48. The number of nitrogens with zero attached hydrogens (tertiary/aromatic N) is 1. The molecule has 0 saturated heterocycles. The number of thiazole rings is 1. The predicted molar refractivity (Wildman–Crippen MR) is 43.5 cm³/mol. The number of aromatic nitrogens is 1. The molecule has 0 bridgehead atoms. The zero-order valence-corrected chi connectivity index (χ0v) is 10.5. The molecule has 1 heterocycles. The van der Waals surface area contributed by atoms with E-state index in [4.69, 9.17) is 0 Å². The quantitative estimate of drug-likeness (QED) is 0.680. The molecule has 2 aromatic rings. The van der Waals surface area contributed by atoms with Gasteiger partial charge in [0.15, 0.2) is 5.01 Å². The first kappa shape index (κ1) is 12.1. The largest absolute Gasteiger partial charge is 0.442 e. The van der Waals surface area contributed by atoms with Crippen molar-refractivity contribution in [3.05, 3.63) is 29.3 Å². The summed E-state index contributed by atoms with van der Waals surface area (Å²) in [6.07, 6.45) is -4.34. The number of benzene rings is 1. The van der Waals surface area contributed by atoms with Crippen molar-refractivity contribution in [1.29, 1.82) is 0 Å². The molecule has 2 rings (SSSR count). The summed E-state index contributed by atoms with van der Waals surface area (Å²) in [5, 5.41) is -0.804. The van der Waals surface area contributed by atoms with Crippen LogP contribution in [0.1, 0.15) is 5.01 Å². The first-order valence-electron chi connectivity index (χ1n) is 3.41. The maximum atomic E-state index is 12.2. The fourth-order valence-corrected chi connectivity index (χ4v) is 1.75. The van der Waals surface area contributed by atoms with Crippen molar-refractivity contribution in [2.45, 2.75) is 6.18 Å². The molecule has 0 atom stereocenters. The third-order valence-corrected chi connectivity index (χ3v) is 2.54. The molecule has 0 amide bonds. The van der Waals surface area contributed by atoms with Gasteiger partial charge in [-0.15, -0.1) is 6.07 Å². The van der Waals surface area contributed by atoms with Gasteiger partial charge in [-0.3, -0.25) is 4.98 Å². The number of hydrogen-bond donors (Lipinski definition) is 0. The van der Waals surface area contributed by atoms with Crippen LogP contribution in [0.5, 0.6) is 0 Å². The molecule has 0 fully saturated rings. The Morgan fingerprint density at radius 1 is 1.36 bits per heavy atom. The number of halogens is 3. The fourth-order valence-electron chi connectivity index (χ4n) is 0.939. The maximum Gasteiger partial charge on any atom is 0.442 e. The van der Waals surface area contributed by atoms with Crippen LogP contribution in [-0.4, -0.2) is 4.98 Å². The van der Waals surface area contributed by atoms with Gasteiger partial charge in [0.2, 0.25) is 0 Å². The summed E-state index contributed by atoms with van der Waals surface area (Å²) in [5.41, 5.74) is 0.371. The van der Waals surface area contributed by atoms with E-state index in [9.17, 15) is 13.2 Å². The van der Waals surface area contributed by atoms with Crippen molar-refractivity contribution < 1.29 is 45.9 Å². The van der Waals surface area contributed by atoms with Crippen LogP contribution in [0.3, 0.4) is 0 Å². The van der Waals surface area contributed by atoms with Gasteiger partial charge in [-0.1, -0.05) is 4.70 Å². The minimum atomic E-state index is -4.34. The van der Waals surface area contributed by atoms with Crippen LogP contribution >= 0.6 is 11.3 Å². The summed E-state index contributed by atoms with van der Waals surface area (Å²) in [5.74, 6) is 0. The average Bonchev–Trinajstić information content (AvgIpc) is 2.45. The normalized spacial score (nSPS) is 11.4. The molecule has 0 aliphatic heterocycles. The van der Waals surface area contributed by atoms with Crippen LogP contribution < -0.4 is 0 Å². The zero-order valence-electron chi connectivity index (χ0n) is 6.80. The molecular formula is C8H3F3NSY-. The Morgan fingerprint density at radius 3 is 2.64 bits per heavy atom. The number of rotatable bonds is 0.